The van der Waals surface area contributed by atoms with Gasteiger partial charge in [0, 0.05) is 12.0 Å². The Labute approximate surface area is 170 Å². The molecule has 0 saturated carbocycles. The van der Waals surface area contributed by atoms with E-state index >= 15 is 0 Å². The Morgan fingerprint density at radius 1 is 1.21 bits per heavy atom. The summed E-state index contributed by atoms with van der Waals surface area (Å²) in [6, 6.07) is 7.04. The standard InChI is InChI=1S/C17H15Br2IO4/c1-9-4-11(8-14(20)16(9)23)15(22)7-10-5-12(18)17(13(19)6-10)24-3-2-21/h4-6,8,21,23H,2-3,7H2,1H3. The van der Waals surface area contributed by atoms with Crippen LogP contribution in [0.2, 0.25) is 0 Å². The molecule has 0 spiro atoms. The van der Waals surface area contributed by atoms with Gasteiger partial charge in [0.2, 0.25) is 0 Å². The Morgan fingerprint density at radius 3 is 2.38 bits per heavy atom. The van der Waals surface area contributed by atoms with Crippen LogP contribution >= 0.6 is 54.5 Å². The van der Waals surface area contributed by atoms with E-state index in [0.717, 1.165) is 5.56 Å². The van der Waals surface area contributed by atoms with Gasteiger partial charge in [-0.05, 0) is 96.8 Å². The Hall–Kier alpha value is -0.640. The first-order chi connectivity index (χ1) is 11.3. The van der Waals surface area contributed by atoms with E-state index < -0.39 is 0 Å². The van der Waals surface area contributed by atoms with E-state index in [-0.39, 0.29) is 31.2 Å². The van der Waals surface area contributed by atoms with Crippen molar-refractivity contribution in [3.05, 3.63) is 53.5 Å². The van der Waals surface area contributed by atoms with E-state index in [0.29, 0.717) is 29.4 Å². The number of halogens is 3. The second-order valence-electron chi connectivity index (χ2n) is 5.18. The fraction of sp³-hybridized carbons (Fsp3) is 0.235. The molecule has 0 fully saturated rings. The number of phenolic OH excluding ortho intramolecular Hbond substituents is 1. The Morgan fingerprint density at radius 2 is 1.83 bits per heavy atom. The second kappa shape index (κ2) is 8.64. The number of carbonyl (C=O) groups excluding carboxylic acids is 1. The molecule has 0 aliphatic rings. The molecule has 0 bridgehead atoms. The van der Waals surface area contributed by atoms with Crippen molar-refractivity contribution >= 4 is 60.2 Å². The molecule has 0 radical (unpaired) electrons. The Kier molecular flexibility index (Phi) is 7.09. The van der Waals surface area contributed by atoms with E-state index in [1.165, 1.54) is 0 Å². The summed E-state index contributed by atoms with van der Waals surface area (Å²) in [5.41, 5.74) is 2.08. The Bertz CT molecular complexity index is 731. The number of benzene rings is 2. The molecule has 7 heteroatoms. The van der Waals surface area contributed by atoms with Crippen molar-refractivity contribution < 1.29 is 19.7 Å². The number of hydrogen-bond acceptors (Lipinski definition) is 4. The maximum atomic E-state index is 12.5. The fourth-order valence-electron chi connectivity index (χ4n) is 2.19. The third kappa shape index (κ3) is 4.71. The molecule has 2 N–H and O–H groups in total. The van der Waals surface area contributed by atoms with Crippen LogP contribution < -0.4 is 4.74 Å². The average molecular weight is 570 g/mol. The number of aliphatic hydroxyl groups excluding tert-OH is 1. The van der Waals surface area contributed by atoms with Gasteiger partial charge in [0.25, 0.3) is 0 Å². The summed E-state index contributed by atoms with van der Waals surface area (Å²) in [6.45, 7) is 1.90. The SMILES string of the molecule is Cc1cc(C(=O)Cc2cc(Br)c(OCCO)c(Br)c2)cc(I)c1O. The minimum atomic E-state index is -0.0715. The van der Waals surface area contributed by atoms with Crippen LogP contribution in [0.5, 0.6) is 11.5 Å². The van der Waals surface area contributed by atoms with Gasteiger partial charge in [-0.3, -0.25) is 4.79 Å². The van der Waals surface area contributed by atoms with Crippen LogP contribution in [0.25, 0.3) is 0 Å². The van der Waals surface area contributed by atoms with Crippen LogP contribution in [-0.4, -0.2) is 29.2 Å². The quantitative estimate of drug-likeness (QED) is 0.393. The molecular weight excluding hydrogens is 555 g/mol. The number of ketones is 1. The van der Waals surface area contributed by atoms with Gasteiger partial charge in [-0.25, -0.2) is 0 Å². The zero-order valence-corrected chi connectivity index (χ0v) is 18.1. The van der Waals surface area contributed by atoms with Gasteiger partial charge in [0.05, 0.1) is 19.1 Å². The number of carbonyl (C=O) groups is 1. The van der Waals surface area contributed by atoms with Crippen LogP contribution in [0.4, 0.5) is 0 Å². The number of ether oxygens (including phenoxy) is 1. The number of Topliss-reactive ketones (excluding diaryl/α,β-unsaturated/α-hetero) is 1. The fourth-order valence-corrected chi connectivity index (χ4v) is 4.46. The Balaban J connectivity index is 2.23. The van der Waals surface area contributed by atoms with E-state index in [9.17, 15) is 9.90 Å². The van der Waals surface area contributed by atoms with Gasteiger partial charge in [-0.2, -0.15) is 0 Å². The van der Waals surface area contributed by atoms with Crippen molar-refractivity contribution in [1.82, 2.24) is 0 Å². The minimum absolute atomic E-state index is 0.0288. The maximum Gasteiger partial charge on any atom is 0.167 e. The van der Waals surface area contributed by atoms with Crippen molar-refractivity contribution in [2.75, 3.05) is 13.2 Å². The summed E-state index contributed by atoms with van der Waals surface area (Å²) in [5, 5.41) is 18.7. The molecular formula is C17H15Br2IO4. The number of aryl methyl sites for hydroxylation is 1. The third-order valence-electron chi connectivity index (χ3n) is 3.34. The molecule has 0 heterocycles. The van der Waals surface area contributed by atoms with Gasteiger partial charge < -0.3 is 14.9 Å². The van der Waals surface area contributed by atoms with Crippen LogP contribution in [0, 0.1) is 10.5 Å². The normalized spacial score (nSPS) is 10.7. The number of aromatic hydroxyl groups is 1. The number of hydrogen-bond donors (Lipinski definition) is 2. The van der Waals surface area contributed by atoms with Gasteiger partial charge in [0.1, 0.15) is 18.1 Å². The summed E-state index contributed by atoms with van der Waals surface area (Å²) in [4.78, 5) is 12.5. The maximum absolute atomic E-state index is 12.5. The predicted molar refractivity (Wildman–Crippen MR) is 108 cm³/mol. The molecule has 24 heavy (non-hydrogen) atoms. The highest BCUT2D eigenvalue weighted by atomic mass is 127. The molecule has 0 amide bonds. The summed E-state index contributed by atoms with van der Waals surface area (Å²) >= 11 is 8.86. The first-order valence-electron chi connectivity index (χ1n) is 7.07. The lowest BCUT2D eigenvalue weighted by Gasteiger charge is -2.12. The highest BCUT2D eigenvalue weighted by Gasteiger charge is 2.15. The lowest BCUT2D eigenvalue weighted by Crippen LogP contribution is -2.06. The molecule has 0 atom stereocenters. The largest absolute Gasteiger partial charge is 0.507 e. The van der Waals surface area contributed by atoms with Gasteiger partial charge in [0.15, 0.2) is 5.78 Å². The van der Waals surface area contributed by atoms with Gasteiger partial charge >= 0.3 is 0 Å². The van der Waals surface area contributed by atoms with Crippen molar-refractivity contribution in [3.63, 3.8) is 0 Å². The van der Waals surface area contributed by atoms with Crippen molar-refractivity contribution in [2.24, 2.45) is 0 Å². The second-order valence-corrected chi connectivity index (χ2v) is 8.06. The van der Waals surface area contributed by atoms with E-state index in [2.05, 4.69) is 31.9 Å². The lowest BCUT2D eigenvalue weighted by molar-refractivity contribution is 0.0992. The molecule has 2 aromatic rings. The average Bonchev–Trinajstić information content (AvgIpc) is 2.51. The first kappa shape index (κ1) is 19.7. The third-order valence-corrected chi connectivity index (χ3v) is 5.34. The summed E-state index contributed by atoms with van der Waals surface area (Å²) in [6.07, 6.45) is 0.234. The monoisotopic (exact) mass is 568 g/mol. The molecule has 0 unspecified atom stereocenters. The molecule has 0 aromatic heterocycles. The molecule has 0 aliphatic carbocycles. The summed E-state index contributed by atoms with van der Waals surface area (Å²) in [7, 11) is 0. The first-order valence-corrected chi connectivity index (χ1v) is 9.73. The molecule has 0 saturated heterocycles. The molecule has 4 nitrogen and oxygen atoms in total. The summed E-state index contributed by atoms with van der Waals surface area (Å²) < 4.78 is 7.53. The molecule has 2 rings (SSSR count). The van der Waals surface area contributed by atoms with Gasteiger partial charge in [-0.1, -0.05) is 0 Å². The zero-order valence-electron chi connectivity index (χ0n) is 12.8. The minimum Gasteiger partial charge on any atom is -0.507 e. The smallest absolute Gasteiger partial charge is 0.167 e. The predicted octanol–water partition coefficient (Wildman–Crippen LogP) is 4.63. The highest BCUT2D eigenvalue weighted by Crippen LogP contribution is 2.35. The van der Waals surface area contributed by atoms with E-state index in [4.69, 9.17) is 9.84 Å². The topological polar surface area (TPSA) is 66.8 Å². The van der Waals surface area contributed by atoms with Crippen molar-refractivity contribution in [3.8, 4) is 11.5 Å². The van der Waals surface area contributed by atoms with E-state index in [1.54, 1.807) is 19.1 Å². The van der Waals surface area contributed by atoms with Crippen LogP contribution in [0.1, 0.15) is 21.5 Å². The van der Waals surface area contributed by atoms with Gasteiger partial charge in [-0.15, -0.1) is 0 Å². The van der Waals surface area contributed by atoms with Crippen molar-refractivity contribution in [2.45, 2.75) is 13.3 Å². The lowest BCUT2D eigenvalue weighted by atomic mass is 10.0. The van der Waals surface area contributed by atoms with Crippen molar-refractivity contribution in [1.29, 1.82) is 0 Å². The van der Waals surface area contributed by atoms with Crippen LogP contribution in [-0.2, 0) is 6.42 Å². The van der Waals surface area contributed by atoms with E-state index in [1.807, 2.05) is 34.7 Å². The van der Waals surface area contributed by atoms with Crippen LogP contribution in [0.15, 0.2) is 33.2 Å². The highest BCUT2D eigenvalue weighted by molar-refractivity contribution is 14.1. The van der Waals surface area contributed by atoms with Crippen LogP contribution in [0.3, 0.4) is 0 Å². The number of rotatable bonds is 6. The molecule has 0 aliphatic heterocycles. The summed E-state index contributed by atoms with van der Waals surface area (Å²) in [5.74, 6) is 0.775. The number of phenols is 1. The molecule has 128 valence electrons. The number of aliphatic hydroxyl groups is 1. The molecule has 2 aromatic carbocycles. The zero-order chi connectivity index (χ0) is 17.9.